The molecule has 0 spiro atoms. The maximum Gasteiger partial charge on any atom is 0.306 e. The highest BCUT2D eigenvalue weighted by Gasteiger charge is 2.25. The quantitative estimate of drug-likeness (QED) is 0.0260. The third-order valence-electron chi connectivity index (χ3n) is 11.0. The lowest BCUT2D eigenvalue weighted by molar-refractivity contribution is -0.889. The smallest absolute Gasteiger partial charge is 0.306 e. The predicted molar refractivity (Wildman–Crippen MR) is 268 cm³/mol. The van der Waals surface area contributed by atoms with Crippen LogP contribution in [0, 0.1) is 0 Å². The molecule has 0 aromatic heterocycles. The summed E-state index contributed by atoms with van der Waals surface area (Å²) in [5, 5.41) is 11.7. The summed E-state index contributed by atoms with van der Waals surface area (Å²) >= 11 is 0. The van der Waals surface area contributed by atoms with Crippen molar-refractivity contribution in [1.82, 2.24) is 0 Å². The molecular weight excluding hydrogens is 799 g/mol. The SMILES string of the molecule is CC/C=C/C/C=C/C/C=C/C/C=C/C/C=C/C/C=C/CCCCCCC(=O)OCC(COCCC(C(=O)[O-])[N+](C)(C)C)OC(=O)CCCCCCCCC/C=C/CCCCCCCC. The Labute approximate surface area is 393 Å². The van der Waals surface area contributed by atoms with Crippen LogP contribution in [0.25, 0.3) is 0 Å². The van der Waals surface area contributed by atoms with Crippen LogP contribution in [-0.4, -0.2) is 75.5 Å². The van der Waals surface area contributed by atoms with Gasteiger partial charge in [0, 0.05) is 19.3 Å². The molecule has 2 atom stereocenters. The van der Waals surface area contributed by atoms with Crippen molar-refractivity contribution in [2.75, 3.05) is 41.0 Å². The van der Waals surface area contributed by atoms with E-state index in [1.54, 1.807) is 21.1 Å². The first-order valence-electron chi connectivity index (χ1n) is 25.6. The molecule has 0 radical (unpaired) electrons. The van der Waals surface area contributed by atoms with Crippen LogP contribution in [0.5, 0.6) is 0 Å². The maximum atomic E-state index is 12.8. The van der Waals surface area contributed by atoms with Gasteiger partial charge in [-0.15, -0.1) is 0 Å². The molecule has 0 aromatic rings. The number of allylic oxidation sites excluding steroid dienone is 14. The number of unbranched alkanes of at least 4 members (excludes halogenated alkanes) is 17. The number of carboxylic acid groups (broad SMARTS) is 1. The largest absolute Gasteiger partial charge is 0.544 e. The van der Waals surface area contributed by atoms with E-state index in [9.17, 15) is 19.5 Å². The number of carboxylic acids is 1. The van der Waals surface area contributed by atoms with E-state index in [1.165, 1.54) is 77.0 Å². The van der Waals surface area contributed by atoms with Crippen LogP contribution in [0.4, 0.5) is 0 Å². The minimum atomic E-state index is -1.13. The molecule has 2 unspecified atom stereocenters. The molecule has 8 heteroatoms. The molecule has 8 nitrogen and oxygen atoms in total. The van der Waals surface area contributed by atoms with Crippen LogP contribution in [0.1, 0.15) is 200 Å². The Bertz CT molecular complexity index is 1320. The molecule has 0 amide bonds. The van der Waals surface area contributed by atoms with Gasteiger partial charge in [0.2, 0.25) is 0 Å². The average molecular weight is 894 g/mol. The fraction of sp³-hybridized carbons (Fsp3) is 0.696. The first-order chi connectivity index (χ1) is 31.1. The molecule has 0 saturated carbocycles. The third kappa shape index (κ3) is 43.7. The van der Waals surface area contributed by atoms with E-state index in [0.29, 0.717) is 12.8 Å². The van der Waals surface area contributed by atoms with E-state index in [2.05, 4.69) is 98.9 Å². The Morgan fingerprint density at radius 3 is 1.31 bits per heavy atom. The van der Waals surface area contributed by atoms with Crippen molar-refractivity contribution in [3.05, 3.63) is 85.1 Å². The Balaban J connectivity index is 4.32. The number of hydrogen-bond acceptors (Lipinski definition) is 7. The number of aliphatic carboxylic acids is 1. The van der Waals surface area contributed by atoms with Gasteiger partial charge in [0.15, 0.2) is 6.10 Å². The van der Waals surface area contributed by atoms with Crippen LogP contribution in [0.2, 0.25) is 0 Å². The summed E-state index contributed by atoms with van der Waals surface area (Å²) in [6, 6.07) is -0.735. The summed E-state index contributed by atoms with van der Waals surface area (Å²) < 4.78 is 17.2. The molecule has 0 aliphatic rings. The molecule has 0 N–H and O–H groups in total. The van der Waals surface area contributed by atoms with Crippen molar-refractivity contribution in [1.29, 1.82) is 0 Å². The standard InChI is InChI=1S/C56H95NO7/c1-6-8-10-12-14-16-18-20-22-24-25-26-27-28-29-31-32-34-36-38-40-42-44-46-54(58)63-51-52(50-62-49-48-53(56(60)61)57(3,4)5)64-55(59)47-45-43-41-39-37-35-33-30-23-21-19-17-15-13-11-9-7-2/h8,10,14,16,20-23,25-26,28-29,32,34,52-53H,6-7,9,11-13,15,17-19,24,27,30-31,33,35-51H2,1-5H3/b10-8+,16-14+,22-20+,23-21+,26-25+,29-28+,34-32+. The average Bonchev–Trinajstić information content (AvgIpc) is 3.26. The van der Waals surface area contributed by atoms with Crippen molar-refractivity contribution in [3.63, 3.8) is 0 Å². The van der Waals surface area contributed by atoms with Crippen LogP contribution in [0.15, 0.2) is 85.1 Å². The normalized spacial score (nSPS) is 13.6. The number of carbonyl (C=O) groups is 3. The van der Waals surface area contributed by atoms with Gasteiger partial charge in [-0.2, -0.15) is 0 Å². The third-order valence-corrected chi connectivity index (χ3v) is 11.0. The first-order valence-corrected chi connectivity index (χ1v) is 25.6. The van der Waals surface area contributed by atoms with Gasteiger partial charge in [0.1, 0.15) is 12.6 Å². The van der Waals surface area contributed by atoms with Gasteiger partial charge in [0.05, 0.1) is 40.3 Å². The number of quaternary nitrogens is 1. The number of hydrogen-bond donors (Lipinski definition) is 0. The fourth-order valence-corrected chi connectivity index (χ4v) is 7.07. The van der Waals surface area contributed by atoms with Gasteiger partial charge >= 0.3 is 11.9 Å². The summed E-state index contributed by atoms with van der Waals surface area (Å²) in [6.45, 7) is 4.51. The van der Waals surface area contributed by atoms with Crippen molar-refractivity contribution in [2.24, 2.45) is 0 Å². The second-order valence-electron chi connectivity index (χ2n) is 18.0. The number of rotatable bonds is 45. The molecule has 366 valence electrons. The van der Waals surface area contributed by atoms with Gasteiger partial charge in [-0.25, -0.2) is 0 Å². The van der Waals surface area contributed by atoms with Crippen molar-refractivity contribution >= 4 is 17.9 Å². The lowest BCUT2D eigenvalue weighted by Crippen LogP contribution is -2.55. The number of nitrogens with zero attached hydrogens (tertiary/aromatic N) is 1. The summed E-state index contributed by atoms with van der Waals surface area (Å²) in [5.74, 6) is -1.78. The van der Waals surface area contributed by atoms with Crippen molar-refractivity contribution in [3.8, 4) is 0 Å². The van der Waals surface area contributed by atoms with Gasteiger partial charge in [0.25, 0.3) is 0 Å². The van der Waals surface area contributed by atoms with Crippen LogP contribution in [-0.2, 0) is 28.6 Å². The second kappa shape index (κ2) is 46.1. The van der Waals surface area contributed by atoms with Crippen LogP contribution in [0.3, 0.4) is 0 Å². The number of ether oxygens (including phenoxy) is 3. The Hall–Kier alpha value is -3.49. The Morgan fingerprint density at radius 2 is 0.875 bits per heavy atom. The minimum Gasteiger partial charge on any atom is -0.544 e. The van der Waals surface area contributed by atoms with Gasteiger partial charge in [-0.05, 0) is 89.9 Å². The molecule has 0 rings (SSSR count). The molecule has 0 saturated heterocycles. The van der Waals surface area contributed by atoms with E-state index < -0.39 is 18.1 Å². The summed E-state index contributed by atoms with van der Waals surface area (Å²) in [7, 11) is 5.40. The predicted octanol–water partition coefficient (Wildman–Crippen LogP) is 13.5. The lowest BCUT2D eigenvalue weighted by Gasteiger charge is -2.34. The van der Waals surface area contributed by atoms with E-state index in [-0.39, 0.29) is 42.7 Å². The monoisotopic (exact) mass is 894 g/mol. The zero-order valence-electron chi connectivity index (χ0n) is 41.7. The lowest BCUT2D eigenvalue weighted by atomic mass is 10.1. The molecule has 0 heterocycles. The molecule has 0 aliphatic carbocycles. The zero-order valence-corrected chi connectivity index (χ0v) is 41.7. The molecule has 0 fully saturated rings. The molecular formula is C56H95NO7. The highest BCUT2D eigenvalue weighted by atomic mass is 16.6. The van der Waals surface area contributed by atoms with E-state index in [1.807, 2.05) is 0 Å². The zero-order chi connectivity index (χ0) is 47.0. The van der Waals surface area contributed by atoms with Gasteiger partial charge < -0.3 is 28.6 Å². The van der Waals surface area contributed by atoms with Gasteiger partial charge in [-0.3, -0.25) is 9.59 Å². The van der Waals surface area contributed by atoms with Gasteiger partial charge in [-0.1, -0.05) is 176 Å². The summed E-state index contributed by atoms with van der Waals surface area (Å²) in [5.41, 5.74) is 0. The van der Waals surface area contributed by atoms with E-state index >= 15 is 0 Å². The Kier molecular flexibility index (Phi) is 43.5. The topological polar surface area (TPSA) is 102 Å². The molecule has 64 heavy (non-hydrogen) atoms. The minimum absolute atomic E-state index is 0.0266. The van der Waals surface area contributed by atoms with Crippen LogP contribution >= 0.6 is 0 Å². The highest BCUT2D eigenvalue weighted by molar-refractivity contribution is 5.70. The number of carbonyl (C=O) groups excluding carboxylic acids is 3. The second-order valence-corrected chi connectivity index (χ2v) is 18.0. The molecule has 0 bridgehead atoms. The Morgan fingerprint density at radius 1 is 0.484 bits per heavy atom. The summed E-state index contributed by atoms with van der Waals surface area (Å²) in [6.07, 6.45) is 60.4. The highest BCUT2D eigenvalue weighted by Crippen LogP contribution is 2.14. The molecule has 0 aliphatic heterocycles. The molecule has 0 aromatic carbocycles. The summed E-state index contributed by atoms with van der Waals surface area (Å²) in [4.78, 5) is 37.0. The van der Waals surface area contributed by atoms with Crippen LogP contribution < -0.4 is 5.11 Å². The maximum absolute atomic E-state index is 12.8. The fourth-order valence-electron chi connectivity index (χ4n) is 7.07. The first kappa shape index (κ1) is 60.5. The van der Waals surface area contributed by atoms with E-state index in [4.69, 9.17) is 14.2 Å². The number of esters is 2. The van der Waals surface area contributed by atoms with E-state index in [0.717, 1.165) is 89.9 Å². The van der Waals surface area contributed by atoms with Crippen molar-refractivity contribution < 1.29 is 38.2 Å². The van der Waals surface area contributed by atoms with Crippen molar-refractivity contribution in [2.45, 2.75) is 212 Å². The number of likely N-dealkylation sites (N-methyl/N-ethyl adjacent to an activating group) is 1.